The van der Waals surface area contributed by atoms with Crippen molar-refractivity contribution in [3.63, 3.8) is 0 Å². The van der Waals surface area contributed by atoms with Gasteiger partial charge in [-0.25, -0.2) is 19.3 Å². The molecule has 32 heavy (non-hydrogen) atoms. The van der Waals surface area contributed by atoms with E-state index in [0.29, 0.717) is 34.4 Å². The van der Waals surface area contributed by atoms with Crippen molar-refractivity contribution in [1.82, 2.24) is 19.9 Å². The molecule has 170 valence electrons. The molecule has 1 N–H and O–H groups in total. The number of likely N-dealkylation sites (N-methyl/N-ethyl adjacent to an activating group) is 1. The van der Waals surface area contributed by atoms with E-state index < -0.39 is 11.7 Å². The summed E-state index contributed by atoms with van der Waals surface area (Å²) in [6.45, 7) is 6.02. The van der Waals surface area contributed by atoms with Crippen LogP contribution in [0, 0.1) is 12.7 Å². The quantitative estimate of drug-likeness (QED) is 0.494. The number of hydrogen-bond acceptors (Lipinski definition) is 6. The third-order valence-corrected chi connectivity index (χ3v) is 5.73. The Kier molecular flexibility index (Phi) is 7.07. The zero-order valence-corrected chi connectivity index (χ0v) is 18.4. The van der Waals surface area contributed by atoms with Gasteiger partial charge in [-0.1, -0.05) is 12.1 Å². The first-order valence-electron chi connectivity index (χ1n) is 9.77. The first kappa shape index (κ1) is 23.6. The van der Waals surface area contributed by atoms with E-state index in [0.717, 1.165) is 0 Å². The summed E-state index contributed by atoms with van der Waals surface area (Å²) in [5, 5.41) is 3.56. The van der Waals surface area contributed by atoms with Crippen molar-refractivity contribution in [1.29, 1.82) is 0 Å². The fraction of sp³-hybridized carbons (Fsp3) is 0.333. The predicted octanol–water partition coefficient (Wildman–Crippen LogP) is 5.03. The van der Waals surface area contributed by atoms with E-state index in [-0.39, 0.29) is 36.0 Å². The Morgan fingerprint density at radius 2 is 1.81 bits per heavy atom. The third kappa shape index (κ3) is 5.39. The second kappa shape index (κ2) is 9.60. The molecule has 11 heteroatoms. The Morgan fingerprint density at radius 3 is 2.38 bits per heavy atom. The molecule has 0 saturated heterocycles. The Morgan fingerprint density at radius 1 is 1.19 bits per heavy atom. The molecular formula is C21H21F4N5OS. The van der Waals surface area contributed by atoms with E-state index in [1.807, 2.05) is 6.92 Å². The molecule has 0 fully saturated rings. The number of rotatable bonds is 7. The highest BCUT2D eigenvalue weighted by atomic mass is 32.1. The van der Waals surface area contributed by atoms with Crippen molar-refractivity contribution in [3.8, 4) is 10.4 Å². The molecule has 1 aromatic carbocycles. The minimum absolute atomic E-state index is 0.0323. The van der Waals surface area contributed by atoms with E-state index in [1.54, 1.807) is 30.9 Å². The van der Waals surface area contributed by atoms with Crippen LogP contribution in [0.4, 0.5) is 23.5 Å². The number of aromatic nitrogens is 3. The Hall–Kier alpha value is -3.08. The standard InChI is InChI=1S/C21H21F4N5OS/c1-4-30(12(2)9-26-20-27-10-15(11-28-20)21(23,24)25)19(31)17-18(32-13(3)29-17)14-5-7-16(22)8-6-14/h5-8,10-12H,4,9H2,1-3H3,(H,26,27,28)/t12-/m0/s1. The van der Waals surface area contributed by atoms with Gasteiger partial charge in [0, 0.05) is 31.5 Å². The lowest BCUT2D eigenvalue weighted by Crippen LogP contribution is -2.42. The molecule has 0 radical (unpaired) electrons. The summed E-state index contributed by atoms with van der Waals surface area (Å²) < 4.78 is 51.2. The number of alkyl halides is 3. The van der Waals surface area contributed by atoms with Crippen molar-refractivity contribution in [2.45, 2.75) is 33.0 Å². The second-order valence-corrected chi connectivity index (χ2v) is 8.23. The lowest BCUT2D eigenvalue weighted by Gasteiger charge is -2.28. The van der Waals surface area contributed by atoms with Gasteiger partial charge in [0.2, 0.25) is 5.95 Å². The topological polar surface area (TPSA) is 71.0 Å². The van der Waals surface area contributed by atoms with E-state index in [1.165, 1.54) is 23.5 Å². The molecule has 0 aliphatic heterocycles. The number of thiazole rings is 1. The maximum Gasteiger partial charge on any atom is 0.419 e. The van der Waals surface area contributed by atoms with Gasteiger partial charge in [0.1, 0.15) is 11.5 Å². The number of amides is 1. The number of carbonyl (C=O) groups excluding carboxylic acids is 1. The van der Waals surface area contributed by atoms with Gasteiger partial charge < -0.3 is 10.2 Å². The van der Waals surface area contributed by atoms with Crippen molar-refractivity contribution in [3.05, 3.63) is 58.7 Å². The molecule has 3 rings (SSSR count). The van der Waals surface area contributed by atoms with E-state index >= 15 is 0 Å². The van der Waals surface area contributed by atoms with E-state index in [9.17, 15) is 22.4 Å². The number of anilines is 1. The molecule has 2 heterocycles. The van der Waals surface area contributed by atoms with Crippen LogP contribution in [0.15, 0.2) is 36.7 Å². The van der Waals surface area contributed by atoms with Crippen LogP contribution in [-0.4, -0.2) is 44.9 Å². The van der Waals surface area contributed by atoms with Gasteiger partial charge in [-0.15, -0.1) is 11.3 Å². The highest BCUT2D eigenvalue weighted by molar-refractivity contribution is 7.15. The Labute approximate surface area is 186 Å². The first-order valence-corrected chi connectivity index (χ1v) is 10.6. The van der Waals surface area contributed by atoms with Crippen molar-refractivity contribution in [2.24, 2.45) is 0 Å². The Bertz CT molecular complexity index is 1070. The average molecular weight is 467 g/mol. The molecule has 1 atom stereocenters. The molecule has 0 bridgehead atoms. The summed E-state index contributed by atoms with van der Waals surface area (Å²) in [6, 6.07) is 5.52. The fourth-order valence-corrected chi connectivity index (χ4v) is 3.99. The van der Waals surface area contributed by atoms with E-state index in [2.05, 4.69) is 20.3 Å². The highest BCUT2D eigenvalue weighted by Crippen LogP contribution is 2.31. The molecule has 0 aliphatic carbocycles. The number of aryl methyl sites for hydroxylation is 1. The molecular weight excluding hydrogens is 446 g/mol. The minimum Gasteiger partial charge on any atom is -0.352 e. The predicted molar refractivity (Wildman–Crippen MR) is 114 cm³/mol. The maximum atomic E-state index is 13.3. The van der Waals surface area contributed by atoms with Crippen LogP contribution in [0.25, 0.3) is 10.4 Å². The van der Waals surface area contributed by atoms with Gasteiger partial charge in [-0.05, 0) is 38.5 Å². The molecule has 0 unspecified atom stereocenters. The summed E-state index contributed by atoms with van der Waals surface area (Å²) in [5.74, 6) is -0.633. The van der Waals surface area contributed by atoms with E-state index in [4.69, 9.17) is 0 Å². The highest BCUT2D eigenvalue weighted by Gasteiger charge is 2.31. The minimum atomic E-state index is -4.51. The first-order chi connectivity index (χ1) is 15.1. The summed E-state index contributed by atoms with van der Waals surface area (Å²) >= 11 is 1.35. The van der Waals surface area contributed by atoms with Crippen LogP contribution >= 0.6 is 11.3 Å². The van der Waals surface area contributed by atoms with Gasteiger partial charge in [-0.3, -0.25) is 4.79 Å². The summed E-state index contributed by atoms with van der Waals surface area (Å²) in [6.07, 6.45) is -3.10. The van der Waals surface area contributed by atoms with Crippen LogP contribution in [0.3, 0.4) is 0 Å². The van der Waals surface area contributed by atoms with Crippen LogP contribution in [0.1, 0.15) is 34.9 Å². The zero-order chi connectivity index (χ0) is 23.5. The van der Waals surface area contributed by atoms with Crippen molar-refractivity contribution >= 4 is 23.2 Å². The van der Waals surface area contributed by atoms with Crippen LogP contribution < -0.4 is 5.32 Å². The molecule has 0 aliphatic rings. The smallest absolute Gasteiger partial charge is 0.352 e. The summed E-state index contributed by atoms with van der Waals surface area (Å²) in [5.41, 5.74) is 0.0348. The van der Waals surface area contributed by atoms with Crippen LogP contribution in [-0.2, 0) is 6.18 Å². The number of halogens is 4. The molecule has 3 aromatic rings. The normalized spacial score (nSPS) is 12.5. The molecule has 2 aromatic heterocycles. The average Bonchev–Trinajstić information content (AvgIpc) is 3.14. The number of benzene rings is 1. The fourth-order valence-electron chi connectivity index (χ4n) is 3.08. The maximum absolute atomic E-state index is 13.3. The Balaban J connectivity index is 1.74. The third-order valence-electron chi connectivity index (χ3n) is 4.71. The summed E-state index contributed by atoms with van der Waals surface area (Å²) in [7, 11) is 0. The molecule has 0 saturated carbocycles. The van der Waals surface area contributed by atoms with Gasteiger partial charge in [0.05, 0.1) is 15.4 Å². The van der Waals surface area contributed by atoms with Gasteiger partial charge in [-0.2, -0.15) is 13.2 Å². The summed E-state index contributed by atoms with van der Waals surface area (Å²) in [4.78, 5) is 27.3. The van der Waals surface area contributed by atoms with Crippen LogP contribution in [0.2, 0.25) is 0 Å². The number of carbonyl (C=O) groups is 1. The number of nitrogens with one attached hydrogen (secondary N) is 1. The molecule has 1 amide bonds. The molecule has 0 spiro atoms. The van der Waals surface area contributed by atoms with Crippen molar-refractivity contribution in [2.75, 3.05) is 18.4 Å². The second-order valence-electron chi connectivity index (χ2n) is 7.03. The number of nitrogens with zero attached hydrogens (tertiary/aromatic N) is 4. The monoisotopic (exact) mass is 467 g/mol. The number of hydrogen-bond donors (Lipinski definition) is 1. The SMILES string of the molecule is CCN(C(=O)c1nc(C)sc1-c1ccc(F)cc1)[C@@H](C)CNc1ncc(C(F)(F)F)cn1. The molecule has 6 nitrogen and oxygen atoms in total. The largest absolute Gasteiger partial charge is 0.419 e. The zero-order valence-electron chi connectivity index (χ0n) is 17.6. The van der Waals surface area contributed by atoms with Gasteiger partial charge in [0.25, 0.3) is 5.91 Å². The van der Waals surface area contributed by atoms with Crippen molar-refractivity contribution < 1.29 is 22.4 Å². The van der Waals surface area contributed by atoms with Crippen LogP contribution in [0.5, 0.6) is 0 Å². The van der Waals surface area contributed by atoms with Gasteiger partial charge in [0.15, 0.2) is 0 Å². The lowest BCUT2D eigenvalue weighted by molar-refractivity contribution is -0.138. The van der Waals surface area contributed by atoms with Gasteiger partial charge >= 0.3 is 6.18 Å². The lowest BCUT2D eigenvalue weighted by atomic mass is 10.1.